The molecule has 6 nitrogen and oxygen atoms in total. The lowest BCUT2D eigenvalue weighted by Crippen LogP contribution is -2.15. The summed E-state index contributed by atoms with van der Waals surface area (Å²) in [5.41, 5.74) is 1.93. The van der Waals surface area contributed by atoms with Crippen molar-refractivity contribution >= 4 is 22.6 Å². The van der Waals surface area contributed by atoms with Gasteiger partial charge in [0, 0.05) is 37.7 Å². The molecule has 0 aromatic carbocycles. The van der Waals surface area contributed by atoms with Crippen molar-refractivity contribution in [2.75, 3.05) is 24.3 Å². The zero-order chi connectivity index (χ0) is 14.8. The number of hydrogen-bond acceptors (Lipinski definition) is 7. The lowest BCUT2D eigenvalue weighted by molar-refractivity contribution is 0.787. The highest BCUT2D eigenvalue weighted by molar-refractivity contribution is 7.09. The Morgan fingerprint density at radius 2 is 2.10 bits per heavy atom. The Balaban J connectivity index is 1.62. The first-order chi connectivity index (χ1) is 10.1. The van der Waals surface area contributed by atoms with Crippen LogP contribution in [0.25, 0.3) is 0 Å². The third kappa shape index (κ3) is 3.87. The average molecular weight is 304 g/mol. The average Bonchev–Trinajstić information content (AvgIpc) is 3.13. The third-order valence-corrected chi connectivity index (χ3v) is 4.06. The fourth-order valence-electron chi connectivity index (χ4n) is 2.06. The van der Waals surface area contributed by atoms with E-state index < -0.39 is 0 Å². The summed E-state index contributed by atoms with van der Waals surface area (Å²) in [6.07, 6.45) is 3.68. The van der Waals surface area contributed by atoms with Crippen molar-refractivity contribution in [2.45, 2.75) is 32.7 Å². The zero-order valence-electron chi connectivity index (χ0n) is 12.6. The molecule has 7 heteroatoms. The Labute approximate surface area is 128 Å². The summed E-state index contributed by atoms with van der Waals surface area (Å²) in [5, 5.41) is 4.17. The van der Waals surface area contributed by atoms with Gasteiger partial charge in [0.05, 0.1) is 12.2 Å². The maximum Gasteiger partial charge on any atom is 0.225 e. The Hall–Kier alpha value is -1.76. The van der Waals surface area contributed by atoms with Crippen molar-refractivity contribution in [2.24, 2.45) is 5.92 Å². The molecular formula is C14H20N6S. The quantitative estimate of drug-likeness (QED) is 0.883. The van der Waals surface area contributed by atoms with Gasteiger partial charge in [-0.1, -0.05) is 0 Å². The second kappa shape index (κ2) is 5.93. The SMILES string of the molecule is Cc1cc(CNc2nc(CC3CC3)ns2)nc(N(C)C)n1. The van der Waals surface area contributed by atoms with Gasteiger partial charge in [-0.3, -0.25) is 0 Å². The molecule has 0 amide bonds. The molecule has 0 saturated heterocycles. The van der Waals surface area contributed by atoms with Gasteiger partial charge in [0.15, 0.2) is 0 Å². The topological polar surface area (TPSA) is 66.8 Å². The van der Waals surface area contributed by atoms with Crippen molar-refractivity contribution < 1.29 is 0 Å². The number of aromatic nitrogens is 4. The van der Waals surface area contributed by atoms with E-state index in [4.69, 9.17) is 0 Å². The first-order valence-corrected chi connectivity index (χ1v) is 7.96. The van der Waals surface area contributed by atoms with Crippen LogP contribution in [0.5, 0.6) is 0 Å². The monoisotopic (exact) mass is 304 g/mol. The minimum atomic E-state index is 0.641. The van der Waals surface area contributed by atoms with E-state index in [0.29, 0.717) is 6.54 Å². The molecule has 1 N–H and O–H groups in total. The molecule has 3 rings (SSSR count). The molecule has 2 heterocycles. The van der Waals surface area contributed by atoms with Gasteiger partial charge in [-0.15, -0.1) is 0 Å². The van der Waals surface area contributed by atoms with Crippen LogP contribution in [0.3, 0.4) is 0 Å². The number of aryl methyl sites for hydroxylation is 1. The highest BCUT2D eigenvalue weighted by Gasteiger charge is 2.23. The molecule has 1 fully saturated rings. The van der Waals surface area contributed by atoms with Crippen LogP contribution in [0.4, 0.5) is 11.1 Å². The minimum Gasteiger partial charge on any atom is -0.355 e. The Morgan fingerprint density at radius 3 is 2.81 bits per heavy atom. The van der Waals surface area contributed by atoms with Crippen molar-refractivity contribution in [3.63, 3.8) is 0 Å². The molecule has 112 valence electrons. The second-order valence-electron chi connectivity index (χ2n) is 5.71. The Bertz CT molecular complexity index is 620. The van der Waals surface area contributed by atoms with Gasteiger partial charge in [0.1, 0.15) is 5.82 Å². The first kappa shape index (κ1) is 14.2. The molecule has 2 aromatic heterocycles. The maximum absolute atomic E-state index is 4.53. The molecule has 0 bridgehead atoms. The fourth-order valence-corrected chi connectivity index (χ4v) is 2.65. The van der Waals surface area contributed by atoms with Crippen LogP contribution in [0.2, 0.25) is 0 Å². The van der Waals surface area contributed by atoms with Gasteiger partial charge >= 0.3 is 0 Å². The Kier molecular flexibility index (Phi) is 4.01. The lowest BCUT2D eigenvalue weighted by Gasteiger charge is -2.12. The van der Waals surface area contributed by atoms with Crippen molar-refractivity contribution in [1.29, 1.82) is 0 Å². The van der Waals surface area contributed by atoms with E-state index in [2.05, 4.69) is 24.6 Å². The number of hydrogen-bond donors (Lipinski definition) is 1. The van der Waals surface area contributed by atoms with Gasteiger partial charge in [0.25, 0.3) is 0 Å². The molecule has 0 spiro atoms. The first-order valence-electron chi connectivity index (χ1n) is 7.18. The summed E-state index contributed by atoms with van der Waals surface area (Å²) in [5.74, 6) is 2.52. The molecular weight excluding hydrogens is 284 g/mol. The summed E-state index contributed by atoms with van der Waals surface area (Å²) in [6, 6.07) is 1.99. The summed E-state index contributed by atoms with van der Waals surface area (Å²) < 4.78 is 4.40. The van der Waals surface area contributed by atoms with Crippen LogP contribution in [-0.2, 0) is 13.0 Å². The Morgan fingerprint density at radius 1 is 1.29 bits per heavy atom. The highest BCUT2D eigenvalue weighted by atomic mass is 32.1. The molecule has 1 aliphatic carbocycles. The van der Waals surface area contributed by atoms with Crippen LogP contribution in [0.1, 0.15) is 30.1 Å². The largest absolute Gasteiger partial charge is 0.355 e. The second-order valence-corrected chi connectivity index (χ2v) is 6.46. The van der Waals surface area contributed by atoms with E-state index in [0.717, 1.165) is 40.6 Å². The number of rotatable bonds is 6. The van der Waals surface area contributed by atoms with Crippen LogP contribution in [0.15, 0.2) is 6.07 Å². The number of nitrogens with one attached hydrogen (secondary N) is 1. The van der Waals surface area contributed by atoms with Crippen LogP contribution < -0.4 is 10.2 Å². The fraction of sp³-hybridized carbons (Fsp3) is 0.571. The van der Waals surface area contributed by atoms with Crippen molar-refractivity contribution in [1.82, 2.24) is 19.3 Å². The molecule has 0 atom stereocenters. The van der Waals surface area contributed by atoms with Crippen molar-refractivity contribution in [3.8, 4) is 0 Å². The van der Waals surface area contributed by atoms with Gasteiger partial charge in [-0.25, -0.2) is 15.0 Å². The van der Waals surface area contributed by atoms with E-state index in [-0.39, 0.29) is 0 Å². The maximum atomic E-state index is 4.53. The number of anilines is 2. The van der Waals surface area contributed by atoms with E-state index in [1.54, 1.807) is 0 Å². The van der Waals surface area contributed by atoms with E-state index >= 15 is 0 Å². The van der Waals surface area contributed by atoms with Crippen molar-refractivity contribution in [3.05, 3.63) is 23.3 Å². The smallest absolute Gasteiger partial charge is 0.225 e. The van der Waals surface area contributed by atoms with Gasteiger partial charge in [-0.2, -0.15) is 4.37 Å². The number of nitrogens with zero attached hydrogens (tertiary/aromatic N) is 5. The molecule has 0 unspecified atom stereocenters. The van der Waals surface area contributed by atoms with E-state index in [1.807, 2.05) is 32.0 Å². The molecule has 2 aromatic rings. The van der Waals surface area contributed by atoms with Crippen LogP contribution in [0, 0.1) is 12.8 Å². The molecule has 1 aliphatic rings. The summed E-state index contributed by atoms with van der Waals surface area (Å²) in [7, 11) is 3.89. The summed E-state index contributed by atoms with van der Waals surface area (Å²) >= 11 is 1.43. The van der Waals surface area contributed by atoms with Crippen LogP contribution in [-0.4, -0.2) is 33.4 Å². The van der Waals surface area contributed by atoms with E-state index in [9.17, 15) is 0 Å². The van der Waals surface area contributed by atoms with Gasteiger partial charge in [-0.05, 0) is 31.7 Å². The minimum absolute atomic E-state index is 0.641. The third-order valence-electron chi connectivity index (χ3n) is 3.35. The predicted molar refractivity (Wildman–Crippen MR) is 84.8 cm³/mol. The van der Waals surface area contributed by atoms with E-state index in [1.165, 1.54) is 24.4 Å². The molecule has 1 saturated carbocycles. The normalized spacial score (nSPS) is 14.2. The highest BCUT2D eigenvalue weighted by Crippen LogP contribution is 2.32. The van der Waals surface area contributed by atoms with Gasteiger partial charge in [0.2, 0.25) is 11.1 Å². The van der Waals surface area contributed by atoms with Gasteiger partial charge < -0.3 is 10.2 Å². The predicted octanol–water partition coefficient (Wildman–Crippen LogP) is 2.27. The molecule has 0 radical (unpaired) electrons. The molecule has 0 aliphatic heterocycles. The van der Waals surface area contributed by atoms with Crippen LogP contribution >= 0.6 is 11.5 Å². The molecule has 21 heavy (non-hydrogen) atoms. The summed E-state index contributed by atoms with van der Waals surface area (Å²) in [6.45, 7) is 2.62. The summed E-state index contributed by atoms with van der Waals surface area (Å²) in [4.78, 5) is 15.4. The standard InChI is InChI=1S/C14H20N6S/c1-9-6-11(17-13(16-9)20(2)3)8-15-14-18-12(19-21-14)7-10-4-5-10/h6,10H,4-5,7-8H2,1-3H3,(H,15,18,19). The zero-order valence-corrected chi connectivity index (χ0v) is 13.4. The lowest BCUT2D eigenvalue weighted by atomic mass is 10.3.